The Morgan fingerprint density at radius 3 is 1.85 bits per heavy atom. The number of hydrogen-bond acceptors (Lipinski definition) is 3. The molecule has 2 aromatic rings. The largest absolute Gasteiger partial charge is 0.478 e. The molecule has 0 fully saturated rings. The first-order valence-corrected chi connectivity index (χ1v) is 6.28. The second-order valence-electron chi connectivity index (χ2n) is 3.68. The molecule has 0 saturated heterocycles. The van der Waals surface area contributed by atoms with Crippen LogP contribution < -0.4 is 5.73 Å². The van der Waals surface area contributed by atoms with E-state index in [1.54, 1.807) is 48.5 Å². The minimum absolute atomic E-state index is 0.118. The molecule has 0 aliphatic carbocycles. The molecule has 5 nitrogen and oxygen atoms in total. The van der Waals surface area contributed by atoms with Gasteiger partial charge >= 0.3 is 11.9 Å². The Morgan fingerprint density at radius 2 is 1.50 bits per heavy atom. The molecule has 4 N–H and O–H groups in total. The normalized spacial score (nSPS) is 9.25. The molecule has 0 saturated carbocycles. The zero-order valence-corrected chi connectivity index (χ0v) is 11.9. The Morgan fingerprint density at radius 1 is 0.900 bits per heavy atom. The van der Waals surface area contributed by atoms with Crippen LogP contribution in [0.1, 0.15) is 20.7 Å². The summed E-state index contributed by atoms with van der Waals surface area (Å²) in [5.74, 6) is -1.90. The van der Waals surface area contributed by atoms with Gasteiger partial charge in [-0.05, 0) is 40.2 Å². The lowest BCUT2D eigenvalue weighted by Gasteiger charge is -2.01. The second-order valence-corrected chi connectivity index (χ2v) is 4.53. The number of rotatable bonds is 2. The summed E-state index contributed by atoms with van der Waals surface area (Å²) in [4.78, 5) is 20.7. The van der Waals surface area contributed by atoms with Crippen molar-refractivity contribution in [3.8, 4) is 0 Å². The number of nitrogens with two attached hydrogens (primary N) is 1. The van der Waals surface area contributed by atoms with Crippen molar-refractivity contribution in [3.05, 3.63) is 64.1 Å². The van der Waals surface area contributed by atoms with Crippen molar-refractivity contribution < 1.29 is 19.8 Å². The number of hydrogen-bond donors (Lipinski definition) is 3. The van der Waals surface area contributed by atoms with Crippen molar-refractivity contribution in [3.63, 3.8) is 0 Å². The van der Waals surface area contributed by atoms with Crippen LogP contribution in [0.2, 0.25) is 0 Å². The molecule has 2 rings (SSSR count). The maximum Gasteiger partial charge on any atom is 0.338 e. The molecule has 104 valence electrons. The van der Waals surface area contributed by atoms with Gasteiger partial charge in [0.15, 0.2) is 0 Å². The molecule has 2 aromatic carbocycles. The van der Waals surface area contributed by atoms with Gasteiger partial charge in [-0.3, -0.25) is 0 Å². The fraction of sp³-hybridized carbons (Fsp3) is 0. The van der Waals surface area contributed by atoms with Gasteiger partial charge in [0.05, 0.1) is 11.1 Å². The summed E-state index contributed by atoms with van der Waals surface area (Å²) in [5, 5.41) is 17.0. The average Bonchev–Trinajstić information content (AvgIpc) is 2.40. The third kappa shape index (κ3) is 4.40. The number of aromatic carboxylic acids is 2. The van der Waals surface area contributed by atoms with Gasteiger partial charge in [0, 0.05) is 10.2 Å². The fourth-order valence-corrected chi connectivity index (χ4v) is 1.90. The number of carbonyl (C=O) groups is 2. The lowest BCUT2D eigenvalue weighted by atomic mass is 10.2. The highest BCUT2D eigenvalue weighted by Crippen LogP contribution is 2.21. The predicted molar refractivity (Wildman–Crippen MR) is 78.9 cm³/mol. The summed E-state index contributed by atoms with van der Waals surface area (Å²) in [6.45, 7) is 0. The fourth-order valence-electron chi connectivity index (χ4n) is 1.35. The van der Waals surface area contributed by atoms with Crippen molar-refractivity contribution in [2.24, 2.45) is 0 Å². The van der Waals surface area contributed by atoms with E-state index >= 15 is 0 Å². The van der Waals surface area contributed by atoms with Crippen LogP contribution in [0.15, 0.2) is 53.0 Å². The maximum absolute atomic E-state index is 10.5. The van der Waals surface area contributed by atoms with Crippen LogP contribution >= 0.6 is 15.9 Å². The van der Waals surface area contributed by atoms with Crippen LogP contribution in [0.5, 0.6) is 0 Å². The monoisotopic (exact) mass is 337 g/mol. The van der Waals surface area contributed by atoms with E-state index in [1.807, 2.05) is 0 Å². The molecule has 6 heteroatoms. The Labute approximate surface area is 123 Å². The molecule has 0 heterocycles. The van der Waals surface area contributed by atoms with E-state index in [2.05, 4.69) is 15.9 Å². The van der Waals surface area contributed by atoms with Gasteiger partial charge < -0.3 is 15.9 Å². The maximum atomic E-state index is 10.5. The molecule has 0 atom stereocenters. The summed E-state index contributed by atoms with van der Waals surface area (Å²) < 4.78 is 0.505. The molecular weight excluding hydrogens is 326 g/mol. The molecule has 20 heavy (non-hydrogen) atoms. The Kier molecular flexibility index (Phi) is 5.74. The van der Waals surface area contributed by atoms with E-state index in [0.717, 1.165) is 0 Å². The van der Waals surface area contributed by atoms with E-state index in [4.69, 9.17) is 15.9 Å². The first kappa shape index (κ1) is 15.7. The van der Waals surface area contributed by atoms with Crippen LogP contribution in [0.3, 0.4) is 0 Å². The van der Waals surface area contributed by atoms with Crippen molar-refractivity contribution >= 4 is 33.6 Å². The number of benzene rings is 2. The predicted octanol–water partition coefficient (Wildman–Crippen LogP) is 3.11. The van der Waals surface area contributed by atoms with Crippen LogP contribution in [0.25, 0.3) is 0 Å². The summed E-state index contributed by atoms with van der Waals surface area (Å²) in [6.07, 6.45) is 0. The van der Waals surface area contributed by atoms with E-state index in [-0.39, 0.29) is 11.3 Å². The highest BCUT2D eigenvalue weighted by molar-refractivity contribution is 9.10. The highest BCUT2D eigenvalue weighted by atomic mass is 79.9. The van der Waals surface area contributed by atoms with Gasteiger partial charge in [0.25, 0.3) is 0 Å². The zero-order chi connectivity index (χ0) is 15.1. The number of halogens is 1. The number of nitrogen functional groups attached to an aromatic ring is 1. The molecule has 0 unspecified atom stereocenters. The average molecular weight is 338 g/mol. The number of carboxylic acid groups (broad SMARTS) is 2. The molecule has 0 aliphatic heterocycles. The van der Waals surface area contributed by atoms with Crippen molar-refractivity contribution in [2.45, 2.75) is 0 Å². The molecule has 0 bridgehead atoms. The quantitative estimate of drug-likeness (QED) is 0.731. The SMILES string of the molecule is Nc1cccc(Br)c1C(=O)O.O=C(O)c1ccccc1. The molecule has 0 amide bonds. The van der Waals surface area contributed by atoms with Gasteiger partial charge in [0.1, 0.15) is 0 Å². The van der Waals surface area contributed by atoms with Crippen LogP contribution in [0, 0.1) is 0 Å². The number of carboxylic acids is 2. The van der Waals surface area contributed by atoms with E-state index in [9.17, 15) is 9.59 Å². The third-order valence-corrected chi connectivity index (χ3v) is 2.94. The van der Waals surface area contributed by atoms with E-state index < -0.39 is 11.9 Å². The summed E-state index contributed by atoms with van der Waals surface area (Å²) in [5.41, 5.74) is 6.13. The van der Waals surface area contributed by atoms with Gasteiger partial charge in [0.2, 0.25) is 0 Å². The minimum atomic E-state index is -1.02. The highest BCUT2D eigenvalue weighted by Gasteiger charge is 2.10. The number of anilines is 1. The summed E-state index contributed by atoms with van der Waals surface area (Å²) >= 11 is 3.09. The minimum Gasteiger partial charge on any atom is -0.478 e. The Bertz CT molecular complexity index is 594. The summed E-state index contributed by atoms with van der Waals surface area (Å²) in [6, 6.07) is 13.2. The van der Waals surface area contributed by atoms with Crippen molar-refractivity contribution in [1.82, 2.24) is 0 Å². The third-order valence-electron chi connectivity index (χ3n) is 2.28. The first-order chi connectivity index (χ1) is 9.43. The Balaban J connectivity index is 0.000000204. The topological polar surface area (TPSA) is 101 Å². The van der Waals surface area contributed by atoms with Crippen molar-refractivity contribution in [1.29, 1.82) is 0 Å². The van der Waals surface area contributed by atoms with Gasteiger partial charge in [-0.15, -0.1) is 0 Å². The molecule has 0 radical (unpaired) electrons. The lowest BCUT2D eigenvalue weighted by Crippen LogP contribution is -2.02. The van der Waals surface area contributed by atoms with Gasteiger partial charge in [-0.25, -0.2) is 9.59 Å². The van der Waals surface area contributed by atoms with Gasteiger partial charge in [-0.2, -0.15) is 0 Å². The summed E-state index contributed by atoms with van der Waals surface area (Å²) in [7, 11) is 0. The van der Waals surface area contributed by atoms with Crippen molar-refractivity contribution in [2.75, 3.05) is 5.73 Å². The smallest absolute Gasteiger partial charge is 0.338 e. The standard InChI is InChI=1S/C7H6BrNO2.C7H6O2/c8-4-2-1-3-5(9)6(4)7(10)11;8-7(9)6-4-2-1-3-5-6/h1-3H,9H2,(H,10,11);1-5H,(H,8,9). The lowest BCUT2D eigenvalue weighted by molar-refractivity contribution is 0.0686. The van der Waals surface area contributed by atoms with E-state index in [0.29, 0.717) is 10.0 Å². The molecule has 0 aliphatic rings. The molecule has 0 aromatic heterocycles. The first-order valence-electron chi connectivity index (χ1n) is 5.49. The van der Waals surface area contributed by atoms with Crippen LogP contribution in [0.4, 0.5) is 5.69 Å². The van der Waals surface area contributed by atoms with Crippen LogP contribution in [-0.4, -0.2) is 22.2 Å². The zero-order valence-electron chi connectivity index (χ0n) is 10.3. The van der Waals surface area contributed by atoms with Gasteiger partial charge in [-0.1, -0.05) is 24.3 Å². The van der Waals surface area contributed by atoms with Crippen LogP contribution in [-0.2, 0) is 0 Å². The Hall–Kier alpha value is -2.34. The second kappa shape index (κ2) is 7.30. The molecule has 0 spiro atoms. The molecular formula is C14H12BrNO4. The van der Waals surface area contributed by atoms with E-state index in [1.165, 1.54) is 0 Å².